The number of nitrogens with one attached hydrogen (secondary N) is 1. The lowest BCUT2D eigenvalue weighted by molar-refractivity contribution is -0.133. The van der Waals surface area contributed by atoms with Crippen LogP contribution in [0.1, 0.15) is 30.9 Å². The van der Waals surface area contributed by atoms with Crippen molar-refractivity contribution in [3.05, 3.63) is 65.7 Å². The topological polar surface area (TPSA) is 73.2 Å². The number of benzene rings is 2. The van der Waals surface area contributed by atoms with Gasteiger partial charge in [0.15, 0.2) is 0 Å². The Bertz CT molecular complexity index is 847. The first kappa shape index (κ1) is 17.7. The van der Waals surface area contributed by atoms with Gasteiger partial charge >= 0.3 is 0 Å². The average molecular weight is 347 g/mol. The molecule has 5 nitrogen and oxygen atoms in total. The smallest absolute Gasteiger partial charge is 0.235 e. The summed E-state index contributed by atoms with van der Waals surface area (Å²) in [5, 5.41) is 12.0. The van der Waals surface area contributed by atoms with E-state index in [9.17, 15) is 9.59 Å². The van der Waals surface area contributed by atoms with E-state index in [4.69, 9.17) is 5.26 Å². The molecule has 26 heavy (non-hydrogen) atoms. The summed E-state index contributed by atoms with van der Waals surface area (Å²) in [6.07, 6.45) is 1.14. The highest BCUT2D eigenvalue weighted by Gasteiger charge is 2.43. The Kier molecular flexibility index (Phi) is 5.04. The number of amides is 2. The molecule has 0 aromatic heterocycles. The second-order valence-corrected chi connectivity index (χ2v) is 6.60. The second kappa shape index (κ2) is 7.40. The zero-order chi connectivity index (χ0) is 18.6. The molecule has 1 N–H and O–H groups in total. The predicted octanol–water partition coefficient (Wildman–Crippen LogP) is 3.08. The van der Waals surface area contributed by atoms with Gasteiger partial charge in [0.25, 0.3) is 0 Å². The van der Waals surface area contributed by atoms with Crippen LogP contribution < -0.4 is 5.32 Å². The zero-order valence-corrected chi connectivity index (χ0v) is 14.7. The maximum absolute atomic E-state index is 13.3. The first-order valence-electron chi connectivity index (χ1n) is 8.68. The van der Waals surface area contributed by atoms with Crippen LogP contribution in [0.4, 0.5) is 5.69 Å². The van der Waals surface area contributed by atoms with Crippen LogP contribution in [0.3, 0.4) is 0 Å². The highest BCUT2D eigenvalue weighted by atomic mass is 16.2. The fraction of sp³-hybridized carbons (Fsp3) is 0.286. The molecule has 3 rings (SSSR count). The van der Waals surface area contributed by atoms with Crippen molar-refractivity contribution >= 4 is 17.5 Å². The summed E-state index contributed by atoms with van der Waals surface area (Å²) in [5.74, 6) is -0.0595. The average Bonchev–Trinajstić information content (AvgIpc) is 2.68. The molecule has 0 aliphatic carbocycles. The number of rotatable bonds is 3. The third-order valence-corrected chi connectivity index (χ3v) is 5.07. The lowest BCUT2D eigenvalue weighted by atomic mass is 9.72. The Morgan fingerprint density at radius 1 is 1.08 bits per heavy atom. The van der Waals surface area contributed by atoms with Gasteiger partial charge in [-0.25, -0.2) is 0 Å². The van der Waals surface area contributed by atoms with E-state index in [-0.39, 0.29) is 11.8 Å². The molecular formula is C21H21N3O2. The summed E-state index contributed by atoms with van der Waals surface area (Å²) < 4.78 is 0. The maximum Gasteiger partial charge on any atom is 0.235 e. The number of piperidine rings is 1. The molecule has 2 aromatic carbocycles. The molecule has 0 saturated carbocycles. The van der Waals surface area contributed by atoms with Gasteiger partial charge in [-0.3, -0.25) is 9.59 Å². The monoisotopic (exact) mass is 347 g/mol. The summed E-state index contributed by atoms with van der Waals surface area (Å²) in [7, 11) is 0. The van der Waals surface area contributed by atoms with Gasteiger partial charge in [0.05, 0.1) is 17.0 Å². The molecule has 2 aromatic rings. The summed E-state index contributed by atoms with van der Waals surface area (Å²) >= 11 is 0. The molecule has 0 radical (unpaired) electrons. The van der Waals surface area contributed by atoms with Gasteiger partial charge < -0.3 is 10.2 Å². The van der Waals surface area contributed by atoms with Crippen molar-refractivity contribution < 1.29 is 9.59 Å². The number of likely N-dealkylation sites (tertiary alicyclic amines) is 1. The van der Waals surface area contributed by atoms with Crippen LogP contribution in [-0.4, -0.2) is 29.8 Å². The fourth-order valence-electron chi connectivity index (χ4n) is 3.52. The van der Waals surface area contributed by atoms with E-state index in [1.54, 1.807) is 36.1 Å². The third kappa shape index (κ3) is 3.45. The Morgan fingerprint density at radius 3 is 2.38 bits per heavy atom. The minimum Gasteiger partial charge on any atom is -0.343 e. The summed E-state index contributed by atoms with van der Waals surface area (Å²) in [6, 6.07) is 18.7. The molecule has 0 bridgehead atoms. The van der Waals surface area contributed by atoms with Gasteiger partial charge in [0, 0.05) is 25.7 Å². The molecule has 1 heterocycles. The van der Waals surface area contributed by atoms with Crippen LogP contribution in [0.5, 0.6) is 0 Å². The largest absolute Gasteiger partial charge is 0.343 e. The molecular weight excluding hydrogens is 326 g/mol. The van der Waals surface area contributed by atoms with E-state index in [0.29, 0.717) is 37.2 Å². The Labute approximate surface area is 153 Å². The van der Waals surface area contributed by atoms with E-state index >= 15 is 0 Å². The number of carbonyl (C=O) groups is 2. The van der Waals surface area contributed by atoms with Crippen LogP contribution in [0.25, 0.3) is 0 Å². The first-order valence-corrected chi connectivity index (χ1v) is 8.68. The van der Waals surface area contributed by atoms with Gasteiger partial charge in [-0.1, -0.05) is 36.4 Å². The molecule has 1 aliphatic heterocycles. The number of carbonyl (C=O) groups excluding carboxylic acids is 2. The molecule has 1 fully saturated rings. The number of nitriles is 1. The summed E-state index contributed by atoms with van der Waals surface area (Å²) in [5.41, 5.74) is 1.38. The highest BCUT2D eigenvalue weighted by Crippen LogP contribution is 2.37. The van der Waals surface area contributed by atoms with Gasteiger partial charge in [-0.2, -0.15) is 5.26 Å². The molecule has 0 spiro atoms. The number of nitrogens with zero attached hydrogens (tertiary/aromatic N) is 2. The van der Waals surface area contributed by atoms with E-state index in [2.05, 4.69) is 11.4 Å². The van der Waals surface area contributed by atoms with E-state index in [1.165, 1.54) is 0 Å². The number of hydrogen-bond donors (Lipinski definition) is 1. The van der Waals surface area contributed by atoms with Gasteiger partial charge in [-0.15, -0.1) is 0 Å². The minimum absolute atomic E-state index is 0.0359. The quantitative estimate of drug-likeness (QED) is 0.927. The third-order valence-electron chi connectivity index (χ3n) is 5.07. The van der Waals surface area contributed by atoms with Crippen LogP contribution >= 0.6 is 0 Å². The van der Waals surface area contributed by atoms with E-state index < -0.39 is 5.41 Å². The van der Waals surface area contributed by atoms with Crippen LogP contribution in [0, 0.1) is 11.3 Å². The minimum atomic E-state index is -0.685. The van der Waals surface area contributed by atoms with E-state index in [0.717, 1.165) is 5.56 Å². The Morgan fingerprint density at radius 2 is 1.77 bits per heavy atom. The SMILES string of the molecule is CC(=O)N1CCC(C(=O)Nc2cccc(C#N)c2)(c2ccccc2)CC1. The maximum atomic E-state index is 13.3. The molecule has 132 valence electrons. The number of anilines is 1. The second-order valence-electron chi connectivity index (χ2n) is 6.60. The highest BCUT2D eigenvalue weighted by molar-refractivity contribution is 5.99. The number of hydrogen-bond acceptors (Lipinski definition) is 3. The van der Waals surface area contributed by atoms with Crippen LogP contribution in [0.15, 0.2) is 54.6 Å². The standard InChI is InChI=1S/C21H21N3O2/c1-16(25)24-12-10-21(11-13-24,18-7-3-2-4-8-18)20(26)23-19-9-5-6-17(14-19)15-22/h2-9,14H,10-13H2,1H3,(H,23,26). The molecule has 2 amide bonds. The Hall–Kier alpha value is -3.13. The molecule has 5 heteroatoms. The van der Waals surface area contributed by atoms with Crippen molar-refractivity contribution in [2.45, 2.75) is 25.2 Å². The van der Waals surface area contributed by atoms with Gasteiger partial charge in [-0.05, 0) is 36.6 Å². The van der Waals surface area contributed by atoms with Crippen molar-refractivity contribution in [2.75, 3.05) is 18.4 Å². The van der Waals surface area contributed by atoms with Crippen LogP contribution in [0.2, 0.25) is 0 Å². The Balaban J connectivity index is 1.90. The first-order chi connectivity index (χ1) is 12.5. The predicted molar refractivity (Wildman–Crippen MR) is 99.4 cm³/mol. The van der Waals surface area contributed by atoms with Gasteiger partial charge in [0.1, 0.15) is 0 Å². The van der Waals surface area contributed by atoms with E-state index in [1.807, 2.05) is 30.3 Å². The molecule has 1 aliphatic rings. The lowest BCUT2D eigenvalue weighted by Gasteiger charge is -2.40. The molecule has 1 saturated heterocycles. The van der Waals surface area contributed by atoms with Crippen molar-refractivity contribution in [1.29, 1.82) is 5.26 Å². The molecule has 0 atom stereocenters. The van der Waals surface area contributed by atoms with Crippen LogP contribution in [-0.2, 0) is 15.0 Å². The van der Waals surface area contributed by atoms with Crippen molar-refractivity contribution in [2.24, 2.45) is 0 Å². The normalized spacial score (nSPS) is 15.8. The summed E-state index contributed by atoms with van der Waals surface area (Å²) in [4.78, 5) is 26.7. The zero-order valence-electron chi connectivity index (χ0n) is 14.7. The van der Waals surface area contributed by atoms with Crippen molar-refractivity contribution in [1.82, 2.24) is 4.90 Å². The summed E-state index contributed by atoms with van der Waals surface area (Å²) in [6.45, 7) is 2.66. The van der Waals surface area contributed by atoms with Gasteiger partial charge in [0.2, 0.25) is 11.8 Å². The van der Waals surface area contributed by atoms with Crippen molar-refractivity contribution in [3.63, 3.8) is 0 Å². The fourth-order valence-corrected chi connectivity index (χ4v) is 3.52. The van der Waals surface area contributed by atoms with Crippen molar-refractivity contribution in [3.8, 4) is 6.07 Å². The lowest BCUT2D eigenvalue weighted by Crippen LogP contribution is -2.50. The molecule has 0 unspecified atom stereocenters.